The van der Waals surface area contributed by atoms with E-state index in [9.17, 15) is 92.2 Å². The quantitative estimate of drug-likeness (QED) is 0.128. The van der Waals surface area contributed by atoms with Gasteiger partial charge in [0.25, 0.3) is 5.15 Å². The molecule has 0 aliphatic rings. The minimum atomic E-state index is -9.18. The highest BCUT2D eigenvalue weighted by atomic mass is 35.5. The number of aryl methyl sites for hydroxylation is 1. The summed E-state index contributed by atoms with van der Waals surface area (Å²) in [6, 6.07) is 2.86. The standard InChI is InChI=1S/C17H8ClF21N/c18-7-3-1-2-5-40(7)6-4-8(19,20)9(21,22)10(23,24)11(25,26)12(27,28)13(29,30)14(31,32)15(33,34)16(35,36)17(37,38)39/h1-3,5H,4,6H2/q+1. The van der Waals surface area contributed by atoms with Crippen LogP contribution < -0.4 is 4.57 Å². The molecule has 0 spiro atoms. The molecule has 0 unspecified atom stereocenters. The van der Waals surface area contributed by atoms with Crippen LogP contribution in [-0.2, 0) is 6.54 Å². The second kappa shape index (κ2) is 9.77. The van der Waals surface area contributed by atoms with E-state index in [-0.39, 0.29) is 0 Å². The second-order valence-corrected chi connectivity index (χ2v) is 8.15. The Balaban J connectivity index is 3.64. The second-order valence-electron chi connectivity index (χ2n) is 7.76. The van der Waals surface area contributed by atoms with Crippen molar-refractivity contribution in [2.45, 2.75) is 72.4 Å². The Labute approximate surface area is 211 Å². The van der Waals surface area contributed by atoms with Crippen molar-refractivity contribution in [2.24, 2.45) is 0 Å². The fourth-order valence-corrected chi connectivity index (χ4v) is 2.86. The van der Waals surface area contributed by atoms with Gasteiger partial charge in [0.15, 0.2) is 12.7 Å². The number of nitrogens with zero attached hydrogens (tertiary/aromatic N) is 1. The predicted molar refractivity (Wildman–Crippen MR) is 86.8 cm³/mol. The molecule has 0 aromatic carbocycles. The highest BCUT2D eigenvalue weighted by Crippen LogP contribution is 2.66. The summed E-state index contributed by atoms with van der Waals surface area (Å²) in [6.07, 6.45) is -10.1. The number of rotatable bonds is 11. The minimum Gasteiger partial charge on any atom is -0.199 e. The topological polar surface area (TPSA) is 3.88 Å². The number of hydrogen-bond acceptors (Lipinski definition) is 0. The molecular weight excluding hydrogens is 653 g/mol. The summed E-state index contributed by atoms with van der Waals surface area (Å²) < 4.78 is 280. The lowest BCUT2D eigenvalue weighted by Gasteiger charge is -2.44. The van der Waals surface area contributed by atoms with Crippen molar-refractivity contribution in [3.8, 4) is 0 Å². The highest BCUT2D eigenvalue weighted by Gasteiger charge is 2.97. The molecule has 0 aliphatic heterocycles. The largest absolute Gasteiger partial charge is 0.460 e. The highest BCUT2D eigenvalue weighted by molar-refractivity contribution is 6.28. The van der Waals surface area contributed by atoms with Crippen LogP contribution in [0.25, 0.3) is 0 Å². The Morgan fingerprint density at radius 2 is 0.800 bits per heavy atom. The van der Waals surface area contributed by atoms with Crippen LogP contribution in [0.2, 0.25) is 5.15 Å². The van der Waals surface area contributed by atoms with Crippen LogP contribution in [0, 0.1) is 0 Å². The van der Waals surface area contributed by atoms with Gasteiger partial charge in [0.1, 0.15) is 0 Å². The van der Waals surface area contributed by atoms with Crippen molar-refractivity contribution in [1.82, 2.24) is 0 Å². The molecule has 0 saturated heterocycles. The zero-order valence-electron chi connectivity index (χ0n) is 18.0. The van der Waals surface area contributed by atoms with Crippen LogP contribution in [0.15, 0.2) is 24.4 Å². The molecule has 0 saturated carbocycles. The van der Waals surface area contributed by atoms with Gasteiger partial charge in [0.05, 0.1) is 6.42 Å². The fraction of sp³-hybridized carbons (Fsp3) is 0.706. The van der Waals surface area contributed by atoms with Crippen molar-refractivity contribution in [3.05, 3.63) is 29.5 Å². The van der Waals surface area contributed by atoms with Gasteiger partial charge in [-0.3, -0.25) is 0 Å². The van der Waals surface area contributed by atoms with Gasteiger partial charge < -0.3 is 0 Å². The van der Waals surface area contributed by atoms with Crippen LogP contribution in [0.4, 0.5) is 92.2 Å². The number of pyridine rings is 1. The van der Waals surface area contributed by atoms with Crippen molar-refractivity contribution in [2.75, 3.05) is 0 Å². The average molecular weight is 661 g/mol. The maximum atomic E-state index is 13.9. The van der Waals surface area contributed by atoms with Gasteiger partial charge in [-0.25, -0.2) is 0 Å². The first-order chi connectivity index (χ1) is 17.2. The van der Waals surface area contributed by atoms with E-state index in [1.807, 2.05) is 0 Å². The maximum absolute atomic E-state index is 13.9. The summed E-state index contributed by atoms with van der Waals surface area (Å²) in [5.74, 6) is -76.9. The Kier molecular flexibility index (Phi) is 8.79. The summed E-state index contributed by atoms with van der Waals surface area (Å²) >= 11 is 5.40. The van der Waals surface area contributed by atoms with Crippen LogP contribution in [0.1, 0.15) is 6.42 Å². The molecule has 0 fully saturated rings. The lowest BCUT2D eigenvalue weighted by Crippen LogP contribution is -2.76. The van der Waals surface area contributed by atoms with Gasteiger partial charge >= 0.3 is 59.5 Å². The van der Waals surface area contributed by atoms with Gasteiger partial charge in [0.2, 0.25) is 0 Å². The third kappa shape index (κ3) is 4.78. The van der Waals surface area contributed by atoms with Crippen LogP contribution in [0.5, 0.6) is 0 Å². The van der Waals surface area contributed by atoms with Gasteiger partial charge in [0, 0.05) is 12.1 Å². The number of alkyl halides is 21. The normalized spacial score (nSPS) is 15.9. The minimum absolute atomic E-state index is 0.327. The van der Waals surface area contributed by atoms with E-state index in [2.05, 4.69) is 0 Å². The number of aromatic nitrogens is 1. The van der Waals surface area contributed by atoms with Crippen molar-refractivity contribution >= 4 is 11.6 Å². The SMILES string of the molecule is FC(F)(F)C(F)(F)C(F)(F)C(F)(F)C(F)(F)C(F)(F)C(F)(F)C(F)(F)C(F)(F)C(F)(F)CC[n+]1ccccc1Cl. The zero-order chi connectivity index (χ0) is 32.4. The molecule has 1 nitrogen and oxygen atoms in total. The lowest BCUT2D eigenvalue weighted by molar-refractivity contribution is -0.698. The third-order valence-corrected chi connectivity index (χ3v) is 5.47. The summed E-state index contributed by atoms with van der Waals surface area (Å²) in [5, 5.41) is -0.622. The Morgan fingerprint density at radius 1 is 0.475 bits per heavy atom. The Bertz CT molecular complexity index is 1060. The van der Waals surface area contributed by atoms with E-state index in [0.717, 1.165) is 18.2 Å². The van der Waals surface area contributed by atoms with Gasteiger partial charge in [-0.15, -0.1) is 0 Å². The molecule has 0 N–H and O–H groups in total. The molecule has 1 rings (SSSR count). The molecule has 1 aromatic rings. The molecule has 0 amide bonds. The van der Waals surface area contributed by atoms with Gasteiger partial charge in [-0.05, 0) is 17.7 Å². The number of halogens is 22. The third-order valence-electron chi connectivity index (χ3n) is 5.13. The van der Waals surface area contributed by atoms with Crippen LogP contribution in [0.3, 0.4) is 0 Å². The first-order valence-electron chi connectivity index (χ1n) is 9.35. The molecule has 0 bridgehead atoms. The summed E-state index contributed by atoms with van der Waals surface area (Å²) in [4.78, 5) is 0. The molecule has 40 heavy (non-hydrogen) atoms. The zero-order valence-corrected chi connectivity index (χ0v) is 18.7. The summed E-state index contributed by atoms with van der Waals surface area (Å²) in [7, 11) is 0. The average Bonchev–Trinajstić information content (AvgIpc) is 2.76. The maximum Gasteiger partial charge on any atom is 0.460 e. The molecule has 0 aliphatic carbocycles. The monoisotopic (exact) mass is 660 g/mol. The van der Waals surface area contributed by atoms with E-state index in [1.54, 1.807) is 0 Å². The molecule has 0 radical (unpaired) electrons. The molecule has 1 aromatic heterocycles. The molecule has 23 heteroatoms. The molecule has 0 atom stereocenters. The first kappa shape index (κ1) is 36.0. The lowest BCUT2D eigenvalue weighted by atomic mass is 9.86. The molecular formula is C17H8ClF21N+. The van der Waals surface area contributed by atoms with Gasteiger partial charge in [-0.1, -0.05) is 0 Å². The van der Waals surface area contributed by atoms with Gasteiger partial charge in [-0.2, -0.15) is 96.8 Å². The Morgan fingerprint density at radius 3 is 1.12 bits per heavy atom. The van der Waals surface area contributed by atoms with Crippen molar-refractivity contribution in [3.63, 3.8) is 0 Å². The fourth-order valence-electron chi connectivity index (χ4n) is 2.65. The van der Waals surface area contributed by atoms with E-state index in [1.165, 1.54) is 0 Å². The van der Waals surface area contributed by atoms with E-state index < -0.39 is 77.6 Å². The van der Waals surface area contributed by atoms with E-state index in [0.29, 0.717) is 10.8 Å². The number of hydrogen-bond donors (Lipinski definition) is 0. The first-order valence-corrected chi connectivity index (χ1v) is 9.73. The predicted octanol–water partition coefficient (Wildman–Crippen LogP) is 8.30. The summed E-state index contributed by atoms with van der Waals surface area (Å²) in [6.45, 7) is -1.63. The van der Waals surface area contributed by atoms with E-state index >= 15 is 0 Å². The summed E-state index contributed by atoms with van der Waals surface area (Å²) in [5.41, 5.74) is 0. The molecule has 234 valence electrons. The van der Waals surface area contributed by atoms with Crippen LogP contribution in [-0.4, -0.2) is 59.5 Å². The van der Waals surface area contributed by atoms with E-state index in [4.69, 9.17) is 11.6 Å². The van der Waals surface area contributed by atoms with Crippen molar-refractivity contribution < 1.29 is 96.8 Å². The molecule has 1 heterocycles. The smallest absolute Gasteiger partial charge is 0.199 e. The van der Waals surface area contributed by atoms with Crippen LogP contribution >= 0.6 is 11.6 Å². The Hall–Kier alpha value is -2.03. The van der Waals surface area contributed by atoms with Crippen molar-refractivity contribution in [1.29, 1.82) is 0 Å².